The van der Waals surface area contributed by atoms with E-state index < -0.39 is 12.0 Å². The Hall–Kier alpha value is -4.46. The lowest BCUT2D eigenvalue weighted by Crippen LogP contribution is -2.30. The van der Waals surface area contributed by atoms with E-state index in [1.165, 1.54) is 0 Å². The Morgan fingerprint density at radius 2 is 1.88 bits per heavy atom. The molecule has 2 aromatic carbocycles. The fourth-order valence-electron chi connectivity index (χ4n) is 3.35. The highest BCUT2D eigenvalue weighted by Crippen LogP contribution is 2.20. The second kappa shape index (κ2) is 10.2. The molecule has 3 N–H and O–H groups in total. The molecule has 0 aliphatic carbocycles. The Labute approximate surface area is 190 Å². The molecule has 8 heteroatoms. The van der Waals surface area contributed by atoms with Crippen LogP contribution in [0.25, 0.3) is 11.4 Å². The number of benzene rings is 2. The zero-order valence-electron chi connectivity index (χ0n) is 17.6. The highest BCUT2D eigenvalue weighted by Gasteiger charge is 2.19. The number of aromatic nitrogens is 3. The summed E-state index contributed by atoms with van der Waals surface area (Å²) in [5.41, 5.74) is 3.54. The largest absolute Gasteiger partial charge is 0.487 e. The van der Waals surface area contributed by atoms with Crippen molar-refractivity contribution >= 4 is 11.9 Å². The van der Waals surface area contributed by atoms with Crippen LogP contribution in [0.15, 0.2) is 85.2 Å². The summed E-state index contributed by atoms with van der Waals surface area (Å²) in [6, 6.07) is 20.9. The normalized spacial score (nSPS) is 11.5. The first-order valence-electron chi connectivity index (χ1n) is 10.3. The maximum atomic E-state index is 12.8. The Kier molecular flexibility index (Phi) is 6.75. The van der Waals surface area contributed by atoms with Crippen molar-refractivity contribution in [1.82, 2.24) is 20.5 Å². The number of hydrogen-bond donors (Lipinski definition) is 3. The van der Waals surface area contributed by atoms with Crippen LogP contribution in [-0.4, -0.2) is 32.2 Å². The van der Waals surface area contributed by atoms with Gasteiger partial charge in [-0.3, -0.25) is 19.7 Å². The number of carboxylic acids is 1. The molecule has 1 atom stereocenters. The van der Waals surface area contributed by atoms with E-state index >= 15 is 0 Å². The number of carboxylic acid groups (broad SMARTS) is 1. The van der Waals surface area contributed by atoms with Crippen molar-refractivity contribution in [3.8, 4) is 17.1 Å². The van der Waals surface area contributed by atoms with Gasteiger partial charge in [-0.1, -0.05) is 42.5 Å². The smallest absolute Gasteiger partial charge is 0.305 e. The Morgan fingerprint density at radius 1 is 1.03 bits per heavy atom. The van der Waals surface area contributed by atoms with Gasteiger partial charge in [-0.2, -0.15) is 5.10 Å². The minimum Gasteiger partial charge on any atom is -0.487 e. The third-order valence-corrected chi connectivity index (χ3v) is 4.99. The fourth-order valence-corrected chi connectivity index (χ4v) is 3.35. The summed E-state index contributed by atoms with van der Waals surface area (Å²) in [5, 5.41) is 18.8. The van der Waals surface area contributed by atoms with Gasteiger partial charge in [0.05, 0.1) is 30.0 Å². The topological polar surface area (TPSA) is 117 Å². The van der Waals surface area contributed by atoms with Crippen LogP contribution in [0.4, 0.5) is 0 Å². The van der Waals surface area contributed by atoms with Gasteiger partial charge in [-0.25, -0.2) is 0 Å². The first kappa shape index (κ1) is 21.8. The highest BCUT2D eigenvalue weighted by molar-refractivity contribution is 5.94. The summed E-state index contributed by atoms with van der Waals surface area (Å²) >= 11 is 0. The molecular formula is C25H22N4O4. The van der Waals surface area contributed by atoms with E-state index in [4.69, 9.17) is 4.74 Å². The van der Waals surface area contributed by atoms with Crippen molar-refractivity contribution in [2.45, 2.75) is 19.1 Å². The van der Waals surface area contributed by atoms with E-state index in [1.807, 2.05) is 42.5 Å². The number of aromatic amines is 1. The second-order valence-corrected chi connectivity index (χ2v) is 7.37. The average molecular weight is 442 g/mol. The third kappa shape index (κ3) is 5.82. The van der Waals surface area contributed by atoms with Crippen LogP contribution in [0.1, 0.15) is 33.9 Å². The molecule has 1 amide bonds. The number of carbonyl (C=O) groups is 2. The summed E-state index contributed by atoms with van der Waals surface area (Å²) < 4.78 is 5.80. The van der Waals surface area contributed by atoms with Crippen LogP contribution >= 0.6 is 0 Å². The number of H-pyrrole nitrogens is 1. The minimum atomic E-state index is -0.988. The predicted molar refractivity (Wildman–Crippen MR) is 121 cm³/mol. The van der Waals surface area contributed by atoms with Gasteiger partial charge in [0.1, 0.15) is 12.4 Å². The molecule has 2 heterocycles. The summed E-state index contributed by atoms with van der Waals surface area (Å²) in [4.78, 5) is 28.5. The number of carbonyl (C=O) groups excluding carboxylic acids is 1. The summed E-state index contributed by atoms with van der Waals surface area (Å²) in [5.74, 6) is -0.741. The van der Waals surface area contributed by atoms with Crippen molar-refractivity contribution in [2.24, 2.45) is 0 Å². The Balaban J connectivity index is 1.40. The van der Waals surface area contributed by atoms with Crippen molar-refractivity contribution in [3.05, 3.63) is 102 Å². The first-order chi connectivity index (χ1) is 16.1. The number of hydrogen-bond acceptors (Lipinski definition) is 5. The van der Waals surface area contributed by atoms with E-state index in [0.717, 1.165) is 22.5 Å². The van der Waals surface area contributed by atoms with E-state index in [-0.39, 0.29) is 18.9 Å². The van der Waals surface area contributed by atoms with Crippen molar-refractivity contribution in [3.63, 3.8) is 0 Å². The molecule has 0 radical (unpaired) electrons. The van der Waals surface area contributed by atoms with Gasteiger partial charge in [0.2, 0.25) is 0 Å². The van der Waals surface area contributed by atoms with Gasteiger partial charge < -0.3 is 15.2 Å². The number of rotatable bonds is 9. The molecule has 0 saturated heterocycles. The maximum absolute atomic E-state index is 12.8. The monoisotopic (exact) mass is 442 g/mol. The van der Waals surface area contributed by atoms with Crippen LogP contribution in [0.2, 0.25) is 0 Å². The number of amides is 1. The van der Waals surface area contributed by atoms with Gasteiger partial charge in [-0.15, -0.1) is 0 Å². The van der Waals surface area contributed by atoms with E-state index in [1.54, 1.807) is 42.7 Å². The molecule has 4 aromatic rings. The lowest BCUT2D eigenvalue weighted by Gasteiger charge is -2.18. The van der Waals surface area contributed by atoms with Gasteiger partial charge in [0.25, 0.3) is 5.91 Å². The average Bonchev–Trinajstić information content (AvgIpc) is 3.38. The van der Waals surface area contributed by atoms with Crippen molar-refractivity contribution < 1.29 is 19.4 Å². The Bertz CT molecular complexity index is 1210. The third-order valence-electron chi connectivity index (χ3n) is 4.99. The quantitative estimate of drug-likeness (QED) is 0.361. The molecule has 0 bridgehead atoms. The fraction of sp³-hybridized carbons (Fsp3) is 0.120. The number of aliphatic carboxylic acids is 1. The van der Waals surface area contributed by atoms with Gasteiger partial charge >= 0.3 is 5.97 Å². The van der Waals surface area contributed by atoms with Crippen LogP contribution in [0.3, 0.4) is 0 Å². The summed E-state index contributed by atoms with van der Waals surface area (Å²) in [6.45, 7) is 0.253. The molecule has 0 spiro atoms. The molecule has 8 nitrogen and oxygen atoms in total. The SMILES string of the molecule is O=C(O)C[C@@H](NC(=O)c1cccc(COc2ccc(-c3ccn[nH]3)nc2)c1)c1ccccc1. The molecule has 0 saturated carbocycles. The summed E-state index contributed by atoms with van der Waals surface area (Å²) in [7, 11) is 0. The lowest BCUT2D eigenvalue weighted by molar-refractivity contribution is -0.137. The zero-order valence-corrected chi connectivity index (χ0v) is 17.6. The van der Waals surface area contributed by atoms with Crippen LogP contribution in [0, 0.1) is 0 Å². The molecule has 0 fully saturated rings. The van der Waals surface area contributed by atoms with Gasteiger partial charge in [-0.05, 0) is 41.5 Å². The highest BCUT2D eigenvalue weighted by atomic mass is 16.5. The molecule has 166 valence electrons. The van der Waals surface area contributed by atoms with E-state index in [9.17, 15) is 14.7 Å². The second-order valence-electron chi connectivity index (χ2n) is 7.37. The number of ether oxygens (including phenoxy) is 1. The first-order valence-corrected chi connectivity index (χ1v) is 10.3. The molecule has 4 rings (SSSR count). The van der Waals surface area contributed by atoms with Crippen LogP contribution < -0.4 is 10.1 Å². The number of pyridine rings is 1. The molecule has 0 aliphatic heterocycles. The molecule has 0 aliphatic rings. The standard InChI is InChI=1S/C25H22N4O4/c30-24(31)14-23(18-6-2-1-3-7-18)28-25(32)19-8-4-5-17(13-19)16-33-20-9-10-21(26-15-20)22-11-12-27-29-22/h1-13,15,23H,14,16H2,(H,27,29)(H,28,32)(H,30,31)/t23-/m1/s1. The van der Waals surface area contributed by atoms with E-state index in [2.05, 4.69) is 20.5 Å². The van der Waals surface area contributed by atoms with Crippen molar-refractivity contribution in [1.29, 1.82) is 0 Å². The maximum Gasteiger partial charge on any atom is 0.305 e. The van der Waals surface area contributed by atoms with Crippen LogP contribution in [0.5, 0.6) is 5.75 Å². The lowest BCUT2D eigenvalue weighted by atomic mass is 10.0. The van der Waals surface area contributed by atoms with Crippen LogP contribution in [-0.2, 0) is 11.4 Å². The van der Waals surface area contributed by atoms with E-state index in [0.29, 0.717) is 11.3 Å². The summed E-state index contributed by atoms with van der Waals surface area (Å²) in [6.07, 6.45) is 3.08. The molecule has 0 unspecified atom stereocenters. The predicted octanol–water partition coefficient (Wildman–Crippen LogP) is 4.00. The van der Waals surface area contributed by atoms with Crippen molar-refractivity contribution in [2.75, 3.05) is 0 Å². The molecule has 33 heavy (non-hydrogen) atoms. The molecular weight excluding hydrogens is 420 g/mol. The molecule has 2 aromatic heterocycles. The Morgan fingerprint density at radius 3 is 2.58 bits per heavy atom. The van der Waals surface area contributed by atoms with Gasteiger partial charge in [0.15, 0.2) is 0 Å². The minimum absolute atomic E-state index is 0.208. The zero-order chi connectivity index (χ0) is 23.0. The van der Waals surface area contributed by atoms with Gasteiger partial charge in [0, 0.05) is 11.8 Å². The number of nitrogens with one attached hydrogen (secondary N) is 2. The number of nitrogens with zero attached hydrogens (tertiary/aromatic N) is 2.